The van der Waals surface area contributed by atoms with Gasteiger partial charge in [-0.1, -0.05) is 30.3 Å². The van der Waals surface area contributed by atoms with Crippen LogP contribution >= 0.6 is 0 Å². The zero-order chi connectivity index (χ0) is 13.7. The highest BCUT2D eigenvalue weighted by atomic mass is 16.5. The zero-order valence-corrected chi connectivity index (χ0v) is 11.2. The van der Waals surface area contributed by atoms with Crippen molar-refractivity contribution in [2.75, 3.05) is 13.2 Å². The molecule has 2 N–H and O–H groups in total. The van der Waals surface area contributed by atoms with E-state index in [0.29, 0.717) is 32.0 Å². The standard InChI is InChI=1S/C15H21NO3/c1-11(17)14-7-13(19-10-15(14)16)9-18-8-12-5-3-2-4-6-12/h2-6,11,13-14,16-17H,7-10H2,1H3/t11-,13-,14+/m1/s1. The summed E-state index contributed by atoms with van der Waals surface area (Å²) < 4.78 is 11.2. The molecule has 0 aliphatic carbocycles. The molecule has 3 atom stereocenters. The molecule has 19 heavy (non-hydrogen) atoms. The van der Waals surface area contributed by atoms with Gasteiger partial charge in [0.15, 0.2) is 0 Å². The van der Waals surface area contributed by atoms with Crippen molar-refractivity contribution < 1.29 is 14.6 Å². The Morgan fingerprint density at radius 1 is 1.42 bits per heavy atom. The van der Waals surface area contributed by atoms with Crippen molar-refractivity contribution in [2.24, 2.45) is 5.92 Å². The lowest BCUT2D eigenvalue weighted by Crippen LogP contribution is -2.40. The highest BCUT2D eigenvalue weighted by Crippen LogP contribution is 2.21. The van der Waals surface area contributed by atoms with Gasteiger partial charge in [-0.2, -0.15) is 0 Å². The summed E-state index contributed by atoms with van der Waals surface area (Å²) >= 11 is 0. The zero-order valence-electron chi connectivity index (χ0n) is 11.2. The van der Waals surface area contributed by atoms with Gasteiger partial charge in [0.05, 0.1) is 32.0 Å². The van der Waals surface area contributed by atoms with Gasteiger partial charge in [0.1, 0.15) is 0 Å². The van der Waals surface area contributed by atoms with E-state index in [1.165, 1.54) is 0 Å². The molecule has 4 heteroatoms. The van der Waals surface area contributed by atoms with E-state index in [1.807, 2.05) is 30.3 Å². The second kappa shape index (κ2) is 6.80. The first-order valence-electron chi connectivity index (χ1n) is 6.65. The van der Waals surface area contributed by atoms with Crippen LogP contribution in [0.15, 0.2) is 30.3 Å². The van der Waals surface area contributed by atoms with E-state index < -0.39 is 6.10 Å². The minimum absolute atomic E-state index is 0.0302. The molecule has 0 amide bonds. The van der Waals surface area contributed by atoms with Gasteiger partial charge in [-0.3, -0.25) is 0 Å². The topological polar surface area (TPSA) is 62.5 Å². The van der Waals surface area contributed by atoms with Gasteiger partial charge in [-0.15, -0.1) is 0 Å². The molecular formula is C15H21NO3. The first kappa shape index (κ1) is 14.2. The Morgan fingerprint density at radius 3 is 2.84 bits per heavy atom. The van der Waals surface area contributed by atoms with E-state index in [4.69, 9.17) is 14.9 Å². The summed E-state index contributed by atoms with van der Waals surface area (Å²) in [6.07, 6.45) is 0.135. The van der Waals surface area contributed by atoms with Gasteiger partial charge in [0.25, 0.3) is 0 Å². The van der Waals surface area contributed by atoms with E-state index in [1.54, 1.807) is 6.92 Å². The van der Waals surface area contributed by atoms with E-state index in [-0.39, 0.29) is 12.0 Å². The van der Waals surface area contributed by atoms with Crippen LogP contribution in [0.25, 0.3) is 0 Å². The highest BCUT2D eigenvalue weighted by molar-refractivity contribution is 5.86. The molecule has 1 heterocycles. The molecule has 0 spiro atoms. The fraction of sp³-hybridized carbons (Fsp3) is 0.533. The predicted molar refractivity (Wildman–Crippen MR) is 73.4 cm³/mol. The van der Waals surface area contributed by atoms with Crippen LogP contribution in [0.2, 0.25) is 0 Å². The monoisotopic (exact) mass is 263 g/mol. The van der Waals surface area contributed by atoms with Gasteiger partial charge in [0, 0.05) is 11.6 Å². The van der Waals surface area contributed by atoms with Crippen LogP contribution in [0.4, 0.5) is 0 Å². The molecule has 1 aromatic rings. The molecule has 1 aliphatic rings. The fourth-order valence-corrected chi connectivity index (χ4v) is 2.29. The minimum Gasteiger partial charge on any atom is -0.393 e. The van der Waals surface area contributed by atoms with Gasteiger partial charge in [0.2, 0.25) is 0 Å². The fourth-order valence-electron chi connectivity index (χ4n) is 2.29. The molecule has 104 valence electrons. The summed E-state index contributed by atoms with van der Waals surface area (Å²) in [7, 11) is 0. The third kappa shape index (κ3) is 4.13. The number of nitrogens with one attached hydrogen (secondary N) is 1. The Morgan fingerprint density at radius 2 is 2.16 bits per heavy atom. The normalized spacial score (nSPS) is 25.3. The lowest BCUT2D eigenvalue weighted by Gasteiger charge is -2.31. The second-order valence-electron chi connectivity index (χ2n) is 5.04. The molecule has 1 aromatic carbocycles. The molecule has 4 nitrogen and oxygen atoms in total. The Hall–Kier alpha value is -1.23. The van der Waals surface area contributed by atoms with Gasteiger partial charge >= 0.3 is 0 Å². The van der Waals surface area contributed by atoms with Crippen molar-refractivity contribution in [1.29, 1.82) is 5.41 Å². The number of aliphatic hydroxyl groups is 1. The van der Waals surface area contributed by atoms with Crippen LogP contribution in [0.3, 0.4) is 0 Å². The molecule has 1 fully saturated rings. The van der Waals surface area contributed by atoms with E-state index in [0.717, 1.165) is 5.56 Å². The third-order valence-electron chi connectivity index (χ3n) is 3.44. The maximum Gasteiger partial charge on any atom is 0.0850 e. The Bertz CT molecular complexity index is 405. The van der Waals surface area contributed by atoms with Crippen LogP contribution < -0.4 is 0 Å². The lowest BCUT2D eigenvalue weighted by atomic mass is 9.89. The van der Waals surface area contributed by atoms with Crippen molar-refractivity contribution in [3.63, 3.8) is 0 Å². The number of aliphatic hydroxyl groups excluding tert-OH is 1. The Labute approximate surface area is 113 Å². The predicted octanol–water partition coefficient (Wildman–Crippen LogP) is 2.01. The highest BCUT2D eigenvalue weighted by Gasteiger charge is 2.30. The van der Waals surface area contributed by atoms with Crippen molar-refractivity contribution >= 4 is 5.71 Å². The van der Waals surface area contributed by atoms with Crippen LogP contribution in [-0.2, 0) is 16.1 Å². The van der Waals surface area contributed by atoms with Crippen molar-refractivity contribution in [3.05, 3.63) is 35.9 Å². The summed E-state index contributed by atoms with van der Waals surface area (Å²) in [6, 6.07) is 10.00. The summed E-state index contributed by atoms with van der Waals surface area (Å²) in [5.41, 5.74) is 1.62. The van der Waals surface area contributed by atoms with E-state index >= 15 is 0 Å². The summed E-state index contributed by atoms with van der Waals surface area (Å²) in [5.74, 6) is -0.0981. The number of benzene rings is 1. The number of rotatable bonds is 5. The quantitative estimate of drug-likeness (QED) is 0.854. The maximum absolute atomic E-state index is 9.63. The number of ether oxygens (including phenoxy) is 2. The minimum atomic E-state index is -0.493. The Kier molecular flexibility index (Phi) is 5.07. The number of hydrogen-bond acceptors (Lipinski definition) is 4. The van der Waals surface area contributed by atoms with Gasteiger partial charge < -0.3 is 20.0 Å². The first-order chi connectivity index (χ1) is 9.16. The molecule has 2 rings (SSSR count). The van der Waals surface area contributed by atoms with Crippen LogP contribution in [-0.4, -0.2) is 36.2 Å². The molecule has 0 unspecified atom stereocenters. The number of hydrogen-bond donors (Lipinski definition) is 2. The molecule has 0 bridgehead atoms. The summed E-state index contributed by atoms with van der Waals surface area (Å²) in [4.78, 5) is 0. The van der Waals surface area contributed by atoms with E-state index in [9.17, 15) is 5.11 Å². The van der Waals surface area contributed by atoms with Crippen LogP contribution in [0, 0.1) is 11.3 Å². The molecule has 0 aromatic heterocycles. The smallest absolute Gasteiger partial charge is 0.0850 e. The van der Waals surface area contributed by atoms with E-state index in [2.05, 4.69) is 0 Å². The SMILES string of the molecule is C[C@@H](O)[C@@H]1C[C@H](COCc2ccccc2)OCC1=N. The third-order valence-corrected chi connectivity index (χ3v) is 3.44. The molecule has 1 saturated heterocycles. The maximum atomic E-state index is 9.63. The first-order valence-corrected chi connectivity index (χ1v) is 6.65. The van der Waals surface area contributed by atoms with Gasteiger partial charge in [-0.05, 0) is 18.9 Å². The summed E-state index contributed by atoms with van der Waals surface area (Å²) in [5, 5.41) is 17.4. The molecule has 0 radical (unpaired) electrons. The average molecular weight is 263 g/mol. The van der Waals surface area contributed by atoms with Crippen LogP contribution in [0.1, 0.15) is 18.9 Å². The molecular weight excluding hydrogens is 242 g/mol. The van der Waals surface area contributed by atoms with Crippen molar-refractivity contribution in [3.8, 4) is 0 Å². The van der Waals surface area contributed by atoms with Crippen LogP contribution in [0.5, 0.6) is 0 Å². The largest absolute Gasteiger partial charge is 0.393 e. The van der Waals surface area contributed by atoms with Gasteiger partial charge in [-0.25, -0.2) is 0 Å². The Balaban J connectivity index is 1.76. The molecule has 0 saturated carbocycles. The second-order valence-corrected chi connectivity index (χ2v) is 5.04. The lowest BCUT2D eigenvalue weighted by molar-refractivity contribution is -0.0377. The summed E-state index contributed by atoms with van der Waals surface area (Å²) in [6.45, 7) is 3.10. The van der Waals surface area contributed by atoms with Crippen molar-refractivity contribution in [2.45, 2.75) is 32.2 Å². The average Bonchev–Trinajstić information content (AvgIpc) is 2.41. The van der Waals surface area contributed by atoms with Crippen molar-refractivity contribution in [1.82, 2.24) is 0 Å². The molecule has 1 aliphatic heterocycles.